The number of hydrogen-bond donors (Lipinski definition) is 0. The van der Waals surface area contributed by atoms with Crippen LogP contribution in [0, 0.1) is 0 Å². The second-order valence-electron chi connectivity index (χ2n) is 7.46. The van der Waals surface area contributed by atoms with Crippen LogP contribution in [0.15, 0.2) is 0 Å². The summed E-state index contributed by atoms with van der Waals surface area (Å²) in [5, 5.41) is 0. The van der Waals surface area contributed by atoms with E-state index in [1.807, 2.05) is 9.62 Å². The number of hydrogen-bond acceptors (Lipinski definition) is 3. The third-order valence-corrected chi connectivity index (χ3v) is 5.86. The third-order valence-electron chi connectivity index (χ3n) is 5.86. The lowest BCUT2D eigenvalue weighted by atomic mass is 9.83. The van der Waals surface area contributed by atoms with Gasteiger partial charge in [0.15, 0.2) is 16.0 Å². The summed E-state index contributed by atoms with van der Waals surface area (Å²) in [6, 6.07) is 0.892. The van der Waals surface area contributed by atoms with E-state index in [0.717, 1.165) is 32.4 Å². The molecule has 4 unspecified atom stereocenters. The van der Waals surface area contributed by atoms with Gasteiger partial charge < -0.3 is 14.4 Å². The van der Waals surface area contributed by atoms with E-state index in [4.69, 9.17) is 20.7 Å². The molecule has 4 radical (unpaired) electrons. The maximum absolute atomic E-state index is 6.51. The van der Waals surface area contributed by atoms with Crippen molar-refractivity contribution in [3.63, 3.8) is 0 Å². The first-order valence-electron chi connectivity index (χ1n) is 8.79. The fraction of sp³-hybridized carbons (Fsp3) is 1.00. The fourth-order valence-corrected chi connectivity index (χ4v) is 4.55. The van der Waals surface area contributed by atoms with Gasteiger partial charge in [0, 0.05) is 12.1 Å². The highest BCUT2D eigenvalue weighted by molar-refractivity contribution is 6.04. The van der Waals surface area contributed by atoms with Gasteiger partial charge in [0.05, 0.1) is 11.7 Å². The van der Waals surface area contributed by atoms with Crippen LogP contribution < -0.4 is 0 Å². The van der Waals surface area contributed by atoms with Crippen LogP contribution >= 0.6 is 0 Å². The topological polar surface area (TPSA) is 15.7 Å². The summed E-state index contributed by atoms with van der Waals surface area (Å²) in [4.78, 5) is 4.07. The predicted octanol–water partition coefficient (Wildman–Crippen LogP) is 2.19. The lowest BCUT2D eigenvalue weighted by molar-refractivity contribution is -0.0825. The number of rotatable bonds is 3. The molecular formula is C16H28B2N2O. The van der Waals surface area contributed by atoms with Gasteiger partial charge in [-0.3, -0.25) is 0 Å². The van der Waals surface area contributed by atoms with E-state index in [2.05, 4.69) is 6.92 Å². The summed E-state index contributed by atoms with van der Waals surface area (Å²) >= 11 is 0. The normalized spacial score (nSPS) is 43.2. The van der Waals surface area contributed by atoms with Crippen molar-refractivity contribution >= 4 is 16.0 Å². The van der Waals surface area contributed by atoms with Gasteiger partial charge in [0.2, 0.25) is 0 Å². The summed E-state index contributed by atoms with van der Waals surface area (Å²) < 4.78 is 6.51. The molecule has 0 aromatic carbocycles. The van der Waals surface area contributed by atoms with Crippen molar-refractivity contribution in [3.05, 3.63) is 0 Å². The van der Waals surface area contributed by atoms with Gasteiger partial charge in [0.1, 0.15) is 0 Å². The first-order chi connectivity index (χ1) is 10.1. The molecule has 0 aromatic rings. The van der Waals surface area contributed by atoms with Crippen molar-refractivity contribution in [2.45, 2.75) is 88.5 Å². The van der Waals surface area contributed by atoms with Gasteiger partial charge in [-0.15, -0.1) is 0 Å². The van der Waals surface area contributed by atoms with Crippen LogP contribution in [-0.2, 0) is 4.74 Å². The minimum Gasteiger partial charge on any atom is -0.370 e. The Labute approximate surface area is 132 Å². The highest BCUT2D eigenvalue weighted by atomic mass is 16.5. The Morgan fingerprint density at radius 2 is 1.71 bits per heavy atom. The maximum atomic E-state index is 6.51. The van der Waals surface area contributed by atoms with Gasteiger partial charge in [0.25, 0.3) is 0 Å². The highest BCUT2D eigenvalue weighted by Gasteiger charge is 2.44. The molecule has 4 atom stereocenters. The molecule has 3 heterocycles. The summed E-state index contributed by atoms with van der Waals surface area (Å²) in [6.07, 6.45) is 11.2. The first-order valence-corrected chi connectivity index (χ1v) is 8.79. The zero-order valence-electron chi connectivity index (χ0n) is 13.5. The van der Waals surface area contributed by atoms with Crippen LogP contribution in [0.3, 0.4) is 0 Å². The van der Waals surface area contributed by atoms with E-state index in [1.54, 1.807) is 0 Å². The average Bonchev–Trinajstić information content (AvgIpc) is 2.84. The molecule has 0 amide bonds. The summed E-state index contributed by atoms with van der Waals surface area (Å²) in [5.41, 5.74) is -0.0616. The first kappa shape index (κ1) is 15.9. The largest absolute Gasteiger partial charge is 0.370 e. The lowest BCUT2D eigenvalue weighted by Crippen LogP contribution is -2.52. The molecule has 3 aliphatic heterocycles. The van der Waals surface area contributed by atoms with Crippen LogP contribution in [0.1, 0.15) is 64.7 Å². The van der Waals surface area contributed by atoms with Gasteiger partial charge >= 0.3 is 0 Å². The Balaban J connectivity index is 1.56. The van der Waals surface area contributed by atoms with E-state index >= 15 is 0 Å². The maximum Gasteiger partial charge on any atom is 0.183 e. The Bertz CT molecular complexity index is 357. The van der Waals surface area contributed by atoms with Crippen molar-refractivity contribution in [1.29, 1.82) is 0 Å². The Morgan fingerprint density at radius 1 is 1.00 bits per heavy atom. The minimum absolute atomic E-state index is 0.0616. The highest BCUT2D eigenvalue weighted by Crippen LogP contribution is 2.40. The summed E-state index contributed by atoms with van der Waals surface area (Å²) in [7, 11) is 12.4. The SMILES string of the molecule is [B]N1CCCCC1CC1CCC(C)(C2CCCCN2[B])O1. The summed E-state index contributed by atoms with van der Waals surface area (Å²) in [6.45, 7) is 4.31. The second kappa shape index (κ2) is 6.64. The molecule has 114 valence electrons. The monoisotopic (exact) mass is 286 g/mol. The lowest BCUT2D eigenvalue weighted by Gasteiger charge is -2.44. The van der Waals surface area contributed by atoms with Gasteiger partial charge in [-0.1, -0.05) is 12.8 Å². The van der Waals surface area contributed by atoms with Crippen LogP contribution in [0.4, 0.5) is 0 Å². The van der Waals surface area contributed by atoms with E-state index in [9.17, 15) is 0 Å². The molecule has 0 bridgehead atoms. The Kier molecular flexibility index (Phi) is 5.02. The molecule has 3 nitrogen and oxygen atoms in total. The molecule has 0 aromatic heterocycles. The second-order valence-corrected chi connectivity index (χ2v) is 7.46. The molecular weight excluding hydrogens is 258 g/mol. The van der Waals surface area contributed by atoms with Gasteiger partial charge in [-0.2, -0.15) is 0 Å². The van der Waals surface area contributed by atoms with E-state index < -0.39 is 0 Å². The van der Waals surface area contributed by atoms with Crippen LogP contribution in [0.25, 0.3) is 0 Å². The smallest absolute Gasteiger partial charge is 0.183 e. The van der Waals surface area contributed by atoms with Crippen LogP contribution in [-0.4, -0.2) is 62.5 Å². The van der Waals surface area contributed by atoms with Crippen molar-refractivity contribution in [2.24, 2.45) is 0 Å². The van der Waals surface area contributed by atoms with Crippen LogP contribution in [0.2, 0.25) is 0 Å². The average molecular weight is 286 g/mol. The van der Waals surface area contributed by atoms with Crippen molar-refractivity contribution in [3.8, 4) is 0 Å². The molecule has 3 saturated heterocycles. The molecule has 3 aliphatic rings. The Hall–Kier alpha value is 0.00987. The Morgan fingerprint density at radius 3 is 2.43 bits per heavy atom. The van der Waals surface area contributed by atoms with E-state index in [0.29, 0.717) is 18.2 Å². The van der Waals surface area contributed by atoms with Crippen molar-refractivity contribution in [1.82, 2.24) is 9.62 Å². The molecule has 3 rings (SSSR count). The quantitative estimate of drug-likeness (QED) is 0.740. The van der Waals surface area contributed by atoms with E-state index in [1.165, 1.54) is 38.5 Å². The molecule has 0 N–H and O–H groups in total. The van der Waals surface area contributed by atoms with E-state index in [-0.39, 0.29) is 5.60 Å². The molecule has 21 heavy (non-hydrogen) atoms. The summed E-state index contributed by atoms with van der Waals surface area (Å²) in [5.74, 6) is 0. The van der Waals surface area contributed by atoms with Crippen molar-refractivity contribution in [2.75, 3.05) is 13.1 Å². The molecule has 0 spiro atoms. The standard InChI is InChI=1S/C16H28B2N2O/c1-16(15-7-3-5-11-20(15)18)9-8-14(21-16)12-13-6-2-4-10-19(13)17/h13-15H,2-12H2,1H3. The van der Waals surface area contributed by atoms with Crippen LogP contribution in [0.5, 0.6) is 0 Å². The zero-order chi connectivity index (χ0) is 14.9. The number of piperidine rings is 2. The van der Waals surface area contributed by atoms with Gasteiger partial charge in [-0.05, 0) is 65.0 Å². The molecule has 0 saturated carbocycles. The van der Waals surface area contributed by atoms with Gasteiger partial charge in [-0.25, -0.2) is 0 Å². The number of nitrogens with zero attached hydrogens (tertiary/aromatic N) is 2. The minimum atomic E-state index is -0.0616. The van der Waals surface area contributed by atoms with Crippen molar-refractivity contribution < 1.29 is 4.74 Å². The number of ether oxygens (including phenoxy) is 1. The molecule has 0 aliphatic carbocycles. The fourth-order valence-electron chi connectivity index (χ4n) is 4.55. The zero-order valence-corrected chi connectivity index (χ0v) is 13.5. The molecule has 5 heteroatoms. The molecule has 3 fully saturated rings. The predicted molar refractivity (Wildman–Crippen MR) is 87.3 cm³/mol. The third kappa shape index (κ3) is 3.51.